The van der Waals surface area contributed by atoms with Gasteiger partial charge in [0.05, 0.1) is 16.6 Å². The molecule has 3 aromatic carbocycles. The van der Waals surface area contributed by atoms with Crippen molar-refractivity contribution in [2.75, 3.05) is 45.3 Å². The molecule has 0 fully saturated rings. The molecule has 5 rings (SSSR count). The van der Waals surface area contributed by atoms with Crippen molar-refractivity contribution in [3.8, 4) is 11.5 Å². The summed E-state index contributed by atoms with van der Waals surface area (Å²) < 4.78 is 12.4. The Balaban J connectivity index is 0.00000259. The van der Waals surface area contributed by atoms with Crippen molar-refractivity contribution < 1.29 is 14.3 Å². The summed E-state index contributed by atoms with van der Waals surface area (Å²) >= 11 is 1.51. The standard InChI is InChI=1S/C25H25N3O3S.ClH/c1-27(2)10-11-28(24(29)14-18-8-5-7-17-6-3-4-9-19(17)18)25-26-20-15-21-22(16-23(20)32-25)31-13-12-30-21;/h3-9,15-16H,10-14H2,1-2H3;1H. The fourth-order valence-electron chi connectivity index (χ4n) is 3.90. The second-order valence-corrected chi connectivity index (χ2v) is 9.13. The van der Waals surface area contributed by atoms with E-state index in [4.69, 9.17) is 14.5 Å². The van der Waals surface area contributed by atoms with Crippen LogP contribution < -0.4 is 14.4 Å². The molecule has 0 N–H and O–H groups in total. The second kappa shape index (κ2) is 9.95. The number of hydrogen-bond acceptors (Lipinski definition) is 6. The van der Waals surface area contributed by atoms with Crippen LogP contribution in [-0.2, 0) is 11.2 Å². The summed E-state index contributed by atoms with van der Waals surface area (Å²) in [6.07, 6.45) is 0.327. The summed E-state index contributed by atoms with van der Waals surface area (Å²) in [6, 6.07) is 18.2. The third-order valence-electron chi connectivity index (χ3n) is 5.57. The Bertz CT molecular complexity index is 1240. The lowest BCUT2D eigenvalue weighted by Crippen LogP contribution is -2.37. The molecule has 6 nitrogen and oxygen atoms in total. The highest BCUT2D eigenvalue weighted by atomic mass is 35.5. The molecule has 1 amide bonds. The van der Waals surface area contributed by atoms with E-state index in [1.165, 1.54) is 11.3 Å². The highest BCUT2D eigenvalue weighted by Crippen LogP contribution is 2.39. The number of nitrogens with zero attached hydrogens (tertiary/aromatic N) is 3. The molecule has 0 bridgehead atoms. The zero-order valence-corrected chi connectivity index (χ0v) is 20.2. The van der Waals surface area contributed by atoms with Crippen LogP contribution >= 0.6 is 23.7 Å². The van der Waals surface area contributed by atoms with Crippen molar-refractivity contribution in [2.24, 2.45) is 0 Å². The normalized spacial score (nSPS) is 12.7. The minimum absolute atomic E-state index is 0. The lowest BCUT2D eigenvalue weighted by molar-refractivity contribution is -0.118. The van der Waals surface area contributed by atoms with Gasteiger partial charge >= 0.3 is 0 Å². The lowest BCUT2D eigenvalue weighted by Gasteiger charge is -2.22. The van der Waals surface area contributed by atoms with Crippen molar-refractivity contribution in [1.29, 1.82) is 0 Å². The van der Waals surface area contributed by atoms with E-state index in [0.29, 0.717) is 37.1 Å². The van der Waals surface area contributed by atoms with E-state index in [0.717, 1.165) is 38.8 Å². The minimum Gasteiger partial charge on any atom is -0.486 e. The van der Waals surface area contributed by atoms with Crippen LogP contribution in [0.25, 0.3) is 21.0 Å². The van der Waals surface area contributed by atoms with Gasteiger partial charge in [0.25, 0.3) is 0 Å². The van der Waals surface area contributed by atoms with Gasteiger partial charge in [0.15, 0.2) is 16.6 Å². The predicted molar refractivity (Wildman–Crippen MR) is 136 cm³/mol. The molecular weight excluding hydrogens is 458 g/mol. The first-order valence-electron chi connectivity index (χ1n) is 10.7. The van der Waals surface area contributed by atoms with Crippen LogP contribution in [0.1, 0.15) is 5.56 Å². The number of ether oxygens (including phenoxy) is 2. The molecule has 0 saturated heterocycles. The van der Waals surface area contributed by atoms with Crippen LogP contribution in [0.4, 0.5) is 5.13 Å². The highest BCUT2D eigenvalue weighted by molar-refractivity contribution is 7.22. The maximum Gasteiger partial charge on any atom is 0.233 e. The Morgan fingerprint density at radius 2 is 1.73 bits per heavy atom. The summed E-state index contributed by atoms with van der Waals surface area (Å²) in [7, 11) is 4.02. The van der Waals surface area contributed by atoms with E-state index in [9.17, 15) is 4.79 Å². The van der Waals surface area contributed by atoms with E-state index in [1.807, 2.05) is 55.4 Å². The number of rotatable bonds is 6. The number of anilines is 1. The molecule has 0 atom stereocenters. The van der Waals surface area contributed by atoms with Crippen LogP contribution in [0.5, 0.6) is 11.5 Å². The van der Waals surface area contributed by atoms with Crippen LogP contribution in [0, 0.1) is 0 Å². The molecule has 8 heteroatoms. The van der Waals surface area contributed by atoms with Crippen molar-refractivity contribution in [3.63, 3.8) is 0 Å². The van der Waals surface area contributed by atoms with Gasteiger partial charge in [-0.15, -0.1) is 12.4 Å². The molecule has 1 aromatic heterocycles. The monoisotopic (exact) mass is 483 g/mol. The lowest BCUT2D eigenvalue weighted by atomic mass is 10.0. The summed E-state index contributed by atoms with van der Waals surface area (Å²) in [5, 5.41) is 2.96. The average Bonchev–Trinajstić information content (AvgIpc) is 3.20. The number of hydrogen-bond donors (Lipinski definition) is 0. The fraction of sp³-hybridized carbons (Fsp3) is 0.280. The zero-order chi connectivity index (χ0) is 22.1. The van der Waals surface area contributed by atoms with E-state index >= 15 is 0 Å². The van der Waals surface area contributed by atoms with Gasteiger partial charge in [0.2, 0.25) is 5.91 Å². The number of halogens is 1. The Labute approximate surface area is 203 Å². The van der Waals surface area contributed by atoms with Gasteiger partial charge in [0, 0.05) is 25.2 Å². The third-order valence-corrected chi connectivity index (χ3v) is 6.61. The molecular formula is C25H26ClN3O3S. The topological polar surface area (TPSA) is 54.9 Å². The SMILES string of the molecule is CN(C)CCN(C(=O)Cc1cccc2ccccc12)c1nc2cc3c(cc2s1)OCCO3.Cl. The first kappa shape index (κ1) is 23.3. The van der Waals surface area contributed by atoms with Crippen molar-refractivity contribution in [3.05, 3.63) is 60.2 Å². The second-order valence-electron chi connectivity index (χ2n) is 8.12. The Morgan fingerprint density at radius 1 is 1.00 bits per heavy atom. The first-order valence-corrected chi connectivity index (χ1v) is 11.5. The summed E-state index contributed by atoms with van der Waals surface area (Å²) in [5.41, 5.74) is 1.85. The number of carbonyl (C=O) groups is 1. The summed E-state index contributed by atoms with van der Waals surface area (Å²) in [4.78, 5) is 22.2. The molecule has 33 heavy (non-hydrogen) atoms. The Hall–Kier alpha value is -2.87. The number of benzene rings is 3. The molecule has 0 spiro atoms. The number of fused-ring (bicyclic) bond motifs is 3. The maximum atomic E-state index is 13.5. The molecule has 0 aliphatic carbocycles. The van der Waals surface area contributed by atoms with Crippen LogP contribution in [-0.4, -0.2) is 56.2 Å². The minimum atomic E-state index is 0. The van der Waals surface area contributed by atoms with Crippen molar-refractivity contribution in [1.82, 2.24) is 9.88 Å². The van der Waals surface area contributed by atoms with Gasteiger partial charge < -0.3 is 14.4 Å². The van der Waals surface area contributed by atoms with Crippen LogP contribution in [0.15, 0.2) is 54.6 Å². The van der Waals surface area contributed by atoms with Crippen LogP contribution in [0.2, 0.25) is 0 Å². The van der Waals surface area contributed by atoms with Gasteiger partial charge in [0.1, 0.15) is 13.2 Å². The van der Waals surface area contributed by atoms with Crippen molar-refractivity contribution in [2.45, 2.75) is 6.42 Å². The van der Waals surface area contributed by atoms with Crippen molar-refractivity contribution >= 4 is 55.8 Å². The molecule has 1 aliphatic heterocycles. The third kappa shape index (κ3) is 4.90. The number of amides is 1. The molecule has 0 radical (unpaired) electrons. The summed E-state index contributed by atoms with van der Waals surface area (Å²) in [5.74, 6) is 1.49. The van der Waals surface area contributed by atoms with E-state index in [1.54, 1.807) is 0 Å². The fourth-order valence-corrected chi connectivity index (χ4v) is 4.92. The summed E-state index contributed by atoms with van der Waals surface area (Å²) in [6.45, 7) is 2.40. The van der Waals surface area contributed by atoms with Gasteiger partial charge in [-0.25, -0.2) is 4.98 Å². The predicted octanol–water partition coefficient (Wildman–Crippen LogP) is 4.78. The van der Waals surface area contributed by atoms with Gasteiger partial charge in [-0.2, -0.15) is 0 Å². The van der Waals surface area contributed by atoms with Crippen LogP contribution in [0.3, 0.4) is 0 Å². The van der Waals surface area contributed by atoms with E-state index < -0.39 is 0 Å². The first-order chi connectivity index (χ1) is 15.6. The zero-order valence-electron chi connectivity index (χ0n) is 18.6. The average molecular weight is 484 g/mol. The number of aromatic nitrogens is 1. The van der Waals surface area contributed by atoms with Gasteiger partial charge in [-0.1, -0.05) is 53.8 Å². The van der Waals surface area contributed by atoms with E-state index in [-0.39, 0.29) is 18.3 Å². The quantitative estimate of drug-likeness (QED) is 0.395. The number of thiazole rings is 1. The largest absolute Gasteiger partial charge is 0.486 e. The molecule has 0 unspecified atom stereocenters. The Morgan fingerprint density at radius 3 is 2.52 bits per heavy atom. The van der Waals surface area contributed by atoms with Gasteiger partial charge in [-0.05, 0) is 30.4 Å². The molecule has 4 aromatic rings. The Kier molecular flexibility index (Phi) is 7.02. The van der Waals surface area contributed by atoms with E-state index in [2.05, 4.69) is 23.1 Å². The van der Waals surface area contributed by atoms with Gasteiger partial charge in [-0.3, -0.25) is 9.69 Å². The molecule has 2 heterocycles. The molecule has 1 aliphatic rings. The maximum absolute atomic E-state index is 13.5. The highest BCUT2D eigenvalue weighted by Gasteiger charge is 2.22. The molecule has 0 saturated carbocycles. The smallest absolute Gasteiger partial charge is 0.233 e. The number of likely N-dealkylation sites (N-methyl/N-ethyl adjacent to an activating group) is 1. The molecule has 172 valence electrons. The number of carbonyl (C=O) groups excluding carboxylic acids is 1.